The highest BCUT2D eigenvalue weighted by molar-refractivity contribution is 5.76. The minimum absolute atomic E-state index is 0.264. The molecule has 0 saturated carbocycles. The maximum Gasteiger partial charge on any atom is 0.0918 e. The molecule has 0 spiro atoms. The fourth-order valence-corrected chi connectivity index (χ4v) is 1.54. The summed E-state index contributed by atoms with van der Waals surface area (Å²) < 4.78 is 0. The number of nitrogens with zero attached hydrogens (tertiary/aromatic N) is 2. The molecular formula is C12H20N4. The molecule has 0 bridgehead atoms. The third kappa shape index (κ3) is 4.89. The lowest BCUT2D eigenvalue weighted by atomic mass is 10.2. The van der Waals surface area contributed by atoms with Crippen LogP contribution in [0.2, 0.25) is 0 Å². The van der Waals surface area contributed by atoms with E-state index in [1.807, 2.05) is 12.3 Å². The zero-order chi connectivity index (χ0) is 11.8. The van der Waals surface area contributed by atoms with Gasteiger partial charge in [0.1, 0.15) is 0 Å². The van der Waals surface area contributed by atoms with Crippen molar-refractivity contribution >= 4 is 5.84 Å². The number of aromatic nitrogens is 1. The number of hydrogen-bond acceptors (Lipinski definition) is 3. The first kappa shape index (κ1) is 12.6. The molecule has 1 aromatic rings. The first-order valence-corrected chi connectivity index (χ1v) is 5.66. The number of nitrogens with two attached hydrogens (primary N) is 1. The predicted octanol–water partition coefficient (Wildman–Crippen LogP) is 1.27. The van der Waals surface area contributed by atoms with Gasteiger partial charge >= 0.3 is 0 Å². The lowest BCUT2D eigenvalue weighted by molar-refractivity contribution is 0.300. The van der Waals surface area contributed by atoms with E-state index in [0.717, 1.165) is 26.1 Å². The zero-order valence-corrected chi connectivity index (χ0v) is 9.82. The minimum Gasteiger partial charge on any atom is -0.388 e. The van der Waals surface area contributed by atoms with E-state index in [9.17, 15) is 0 Å². The monoisotopic (exact) mass is 220 g/mol. The Hall–Kier alpha value is -1.42. The Morgan fingerprint density at radius 3 is 2.88 bits per heavy atom. The van der Waals surface area contributed by atoms with Crippen LogP contribution in [0.15, 0.2) is 24.5 Å². The van der Waals surface area contributed by atoms with Crippen molar-refractivity contribution in [3.8, 4) is 0 Å². The molecule has 0 unspecified atom stereocenters. The molecule has 0 atom stereocenters. The van der Waals surface area contributed by atoms with Crippen molar-refractivity contribution in [3.05, 3.63) is 30.1 Å². The molecule has 0 radical (unpaired) electrons. The first-order valence-electron chi connectivity index (χ1n) is 5.66. The van der Waals surface area contributed by atoms with Crippen molar-refractivity contribution in [2.45, 2.75) is 19.8 Å². The third-order valence-corrected chi connectivity index (χ3v) is 2.58. The van der Waals surface area contributed by atoms with E-state index in [-0.39, 0.29) is 5.84 Å². The molecule has 0 amide bonds. The Bertz CT molecular complexity index is 310. The summed E-state index contributed by atoms with van der Waals surface area (Å²) in [5, 5.41) is 7.20. The number of nitrogens with one attached hydrogen (secondary N) is 1. The highest BCUT2D eigenvalue weighted by Gasteiger charge is 2.03. The van der Waals surface area contributed by atoms with E-state index in [2.05, 4.69) is 22.9 Å². The summed E-state index contributed by atoms with van der Waals surface area (Å²) in [5.74, 6) is 0.264. The Labute approximate surface area is 97.0 Å². The molecule has 0 aliphatic rings. The number of hydrogen-bond donors (Lipinski definition) is 2. The second-order valence-electron chi connectivity index (χ2n) is 3.82. The molecular weight excluding hydrogens is 200 g/mol. The first-order chi connectivity index (χ1) is 7.72. The van der Waals surface area contributed by atoms with Gasteiger partial charge in [-0.25, -0.2) is 0 Å². The summed E-state index contributed by atoms with van der Waals surface area (Å²) >= 11 is 0. The van der Waals surface area contributed by atoms with Crippen LogP contribution in [0.3, 0.4) is 0 Å². The van der Waals surface area contributed by atoms with E-state index in [4.69, 9.17) is 11.1 Å². The molecule has 0 aliphatic heterocycles. The van der Waals surface area contributed by atoms with Crippen LogP contribution in [-0.4, -0.2) is 35.4 Å². The maximum atomic E-state index is 7.20. The Morgan fingerprint density at radius 1 is 1.50 bits per heavy atom. The largest absolute Gasteiger partial charge is 0.388 e. The summed E-state index contributed by atoms with van der Waals surface area (Å²) in [6.45, 7) is 4.98. The van der Waals surface area contributed by atoms with Gasteiger partial charge in [0.05, 0.1) is 5.84 Å². The van der Waals surface area contributed by atoms with Crippen LogP contribution in [0.4, 0.5) is 0 Å². The van der Waals surface area contributed by atoms with Gasteiger partial charge < -0.3 is 10.6 Å². The Morgan fingerprint density at radius 2 is 2.31 bits per heavy atom. The SMILES string of the molecule is CCN(CCC(=N)N)CCc1cccnc1. The van der Waals surface area contributed by atoms with E-state index >= 15 is 0 Å². The van der Waals surface area contributed by atoms with Crippen LogP contribution in [0.5, 0.6) is 0 Å². The molecule has 88 valence electrons. The van der Waals surface area contributed by atoms with Crippen LogP contribution in [0, 0.1) is 5.41 Å². The summed E-state index contributed by atoms with van der Waals surface area (Å²) in [4.78, 5) is 6.39. The van der Waals surface area contributed by atoms with E-state index in [1.165, 1.54) is 5.56 Å². The zero-order valence-electron chi connectivity index (χ0n) is 9.82. The van der Waals surface area contributed by atoms with E-state index < -0.39 is 0 Å². The van der Waals surface area contributed by atoms with Gasteiger partial charge in [0, 0.05) is 31.9 Å². The molecule has 0 saturated heterocycles. The summed E-state index contributed by atoms with van der Waals surface area (Å²) in [6, 6.07) is 4.05. The van der Waals surface area contributed by atoms with Gasteiger partial charge in [-0.3, -0.25) is 10.4 Å². The van der Waals surface area contributed by atoms with Crippen molar-refractivity contribution < 1.29 is 0 Å². The van der Waals surface area contributed by atoms with Crippen LogP contribution < -0.4 is 5.73 Å². The summed E-state index contributed by atoms with van der Waals surface area (Å²) in [5.41, 5.74) is 6.60. The molecule has 1 rings (SSSR count). The molecule has 1 aromatic heterocycles. The second kappa shape index (κ2) is 6.95. The third-order valence-electron chi connectivity index (χ3n) is 2.58. The predicted molar refractivity (Wildman–Crippen MR) is 66.6 cm³/mol. The second-order valence-corrected chi connectivity index (χ2v) is 3.82. The molecule has 4 heteroatoms. The number of rotatable bonds is 7. The smallest absolute Gasteiger partial charge is 0.0918 e. The number of pyridine rings is 1. The minimum atomic E-state index is 0.264. The van der Waals surface area contributed by atoms with Gasteiger partial charge in [-0.1, -0.05) is 13.0 Å². The molecule has 3 N–H and O–H groups in total. The highest BCUT2D eigenvalue weighted by Crippen LogP contribution is 2.00. The normalized spacial score (nSPS) is 10.6. The van der Waals surface area contributed by atoms with Gasteiger partial charge in [-0.15, -0.1) is 0 Å². The van der Waals surface area contributed by atoms with Gasteiger partial charge in [-0.2, -0.15) is 0 Å². The van der Waals surface area contributed by atoms with Gasteiger partial charge in [0.2, 0.25) is 0 Å². The average molecular weight is 220 g/mol. The van der Waals surface area contributed by atoms with Crippen molar-refractivity contribution in [1.29, 1.82) is 5.41 Å². The van der Waals surface area contributed by atoms with Crippen LogP contribution in [0.25, 0.3) is 0 Å². The standard InChI is InChI=1S/C12H20N4/c1-2-16(9-6-12(13)14)8-5-11-4-3-7-15-10-11/h3-4,7,10H,2,5-6,8-9H2,1H3,(H3,13,14). The van der Waals surface area contributed by atoms with Crippen LogP contribution in [-0.2, 0) is 6.42 Å². The topological polar surface area (TPSA) is 66.0 Å². The molecule has 0 aliphatic carbocycles. The van der Waals surface area contributed by atoms with Gasteiger partial charge in [0.15, 0.2) is 0 Å². The molecule has 0 aromatic carbocycles. The van der Waals surface area contributed by atoms with Crippen LogP contribution in [0.1, 0.15) is 18.9 Å². The molecule has 0 fully saturated rings. The van der Waals surface area contributed by atoms with Gasteiger partial charge in [-0.05, 0) is 24.6 Å². The molecule has 1 heterocycles. The maximum absolute atomic E-state index is 7.20. The lowest BCUT2D eigenvalue weighted by Gasteiger charge is -2.19. The average Bonchev–Trinajstić information content (AvgIpc) is 2.30. The Kier molecular flexibility index (Phi) is 5.50. The number of likely N-dealkylation sites (N-methyl/N-ethyl adjacent to an activating group) is 1. The fourth-order valence-electron chi connectivity index (χ4n) is 1.54. The fraction of sp³-hybridized carbons (Fsp3) is 0.500. The van der Waals surface area contributed by atoms with E-state index in [0.29, 0.717) is 6.42 Å². The van der Waals surface area contributed by atoms with Crippen molar-refractivity contribution in [2.75, 3.05) is 19.6 Å². The summed E-state index contributed by atoms with van der Waals surface area (Å²) in [7, 11) is 0. The molecule has 16 heavy (non-hydrogen) atoms. The van der Waals surface area contributed by atoms with Crippen molar-refractivity contribution in [1.82, 2.24) is 9.88 Å². The lowest BCUT2D eigenvalue weighted by Crippen LogP contribution is -2.29. The molecule has 4 nitrogen and oxygen atoms in total. The highest BCUT2D eigenvalue weighted by atomic mass is 15.1. The van der Waals surface area contributed by atoms with Crippen molar-refractivity contribution in [2.24, 2.45) is 5.73 Å². The Balaban J connectivity index is 2.31. The van der Waals surface area contributed by atoms with Gasteiger partial charge in [0.25, 0.3) is 0 Å². The van der Waals surface area contributed by atoms with E-state index in [1.54, 1.807) is 6.20 Å². The number of amidine groups is 1. The van der Waals surface area contributed by atoms with Crippen molar-refractivity contribution in [3.63, 3.8) is 0 Å². The quantitative estimate of drug-likeness (QED) is 0.537. The summed E-state index contributed by atoms with van der Waals surface area (Å²) in [6.07, 6.45) is 5.34. The van der Waals surface area contributed by atoms with Crippen LogP contribution >= 0.6 is 0 Å².